The van der Waals surface area contributed by atoms with Crippen molar-refractivity contribution in [2.24, 2.45) is 0 Å². The Balaban J connectivity index is 2.48. The lowest BCUT2D eigenvalue weighted by atomic mass is 9.74. The molecule has 0 aromatic heterocycles. The number of benzene rings is 1. The second kappa shape index (κ2) is 3.64. The molecule has 0 amide bonds. The number of nitrogens with one attached hydrogen (secondary N) is 1. The van der Waals surface area contributed by atoms with E-state index >= 15 is 0 Å². The summed E-state index contributed by atoms with van der Waals surface area (Å²) in [5.74, 6) is 0. The van der Waals surface area contributed by atoms with Crippen molar-refractivity contribution in [2.45, 2.75) is 45.6 Å². The van der Waals surface area contributed by atoms with Crippen LogP contribution in [0, 0.1) is 13.8 Å². The van der Waals surface area contributed by atoms with Crippen LogP contribution in [0.3, 0.4) is 0 Å². The minimum Gasteiger partial charge on any atom is -0.313 e. The van der Waals surface area contributed by atoms with Crippen molar-refractivity contribution < 1.29 is 0 Å². The Bertz CT molecular complexity index is 370. The molecule has 1 aliphatic rings. The highest BCUT2D eigenvalue weighted by molar-refractivity contribution is 5.38. The molecule has 1 aliphatic heterocycles. The molecule has 2 unspecified atom stereocenters. The summed E-state index contributed by atoms with van der Waals surface area (Å²) in [6, 6.07) is 7.40. The van der Waals surface area contributed by atoms with E-state index in [1.54, 1.807) is 0 Å². The third-order valence-corrected chi connectivity index (χ3v) is 4.06. The fraction of sp³-hybridized carbons (Fsp3) is 0.571. The Morgan fingerprint density at radius 1 is 1.33 bits per heavy atom. The van der Waals surface area contributed by atoms with Crippen LogP contribution in [0.1, 0.15) is 37.0 Å². The predicted octanol–water partition coefficient (Wildman–Crippen LogP) is 2.94. The molecule has 2 rings (SSSR count). The molecule has 1 fully saturated rings. The summed E-state index contributed by atoms with van der Waals surface area (Å²) in [6.07, 6.45) is 1.25. The molecule has 1 aromatic rings. The molecule has 0 saturated carbocycles. The monoisotopic (exact) mass is 203 g/mol. The van der Waals surface area contributed by atoms with Crippen molar-refractivity contribution in [3.8, 4) is 0 Å². The van der Waals surface area contributed by atoms with Crippen molar-refractivity contribution in [1.29, 1.82) is 0 Å². The molecule has 1 N–H and O–H groups in total. The Morgan fingerprint density at radius 3 is 2.67 bits per heavy atom. The number of hydrogen-bond acceptors (Lipinski definition) is 1. The van der Waals surface area contributed by atoms with E-state index in [0.717, 1.165) is 6.54 Å². The quantitative estimate of drug-likeness (QED) is 0.740. The van der Waals surface area contributed by atoms with Gasteiger partial charge in [0.15, 0.2) is 0 Å². The summed E-state index contributed by atoms with van der Waals surface area (Å²) in [5.41, 5.74) is 4.64. The molecule has 0 radical (unpaired) electrons. The minimum absolute atomic E-state index is 0.316. The van der Waals surface area contributed by atoms with Gasteiger partial charge in [0.1, 0.15) is 0 Å². The van der Waals surface area contributed by atoms with Crippen LogP contribution in [0.25, 0.3) is 0 Å². The Labute approximate surface area is 92.9 Å². The highest BCUT2D eigenvalue weighted by atomic mass is 15.0. The van der Waals surface area contributed by atoms with Crippen molar-refractivity contribution in [3.05, 3.63) is 34.9 Å². The highest BCUT2D eigenvalue weighted by Gasteiger charge is 2.37. The van der Waals surface area contributed by atoms with Crippen molar-refractivity contribution in [2.75, 3.05) is 6.54 Å². The average Bonchev–Trinajstić information content (AvgIpc) is 2.52. The first-order valence-electron chi connectivity index (χ1n) is 5.85. The molecule has 15 heavy (non-hydrogen) atoms. The Morgan fingerprint density at radius 2 is 2.07 bits per heavy atom. The molecule has 0 aliphatic carbocycles. The van der Waals surface area contributed by atoms with Gasteiger partial charge in [-0.15, -0.1) is 0 Å². The van der Waals surface area contributed by atoms with Crippen LogP contribution in [0.2, 0.25) is 0 Å². The van der Waals surface area contributed by atoms with Gasteiger partial charge in [0, 0.05) is 11.5 Å². The van der Waals surface area contributed by atoms with Crippen LogP contribution in [0.5, 0.6) is 0 Å². The summed E-state index contributed by atoms with van der Waals surface area (Å²) in [7, 11) is 0. The van der Waals surface area contributed by atoms with Crippen LogP contribution >= 0.6 is 0 Å². The normalized spacial score (nSPS) is 30.8. The van der Waals surface area contributed by atoms with Crippen molar-refractivity contribution in [1.82, 2.24) is 5.32 Å². The van der Waals surface area contributed by atoms with Crippen molar-refractivity contribution >= 4 is 0 Å². The van der Waals surface area contributed by atoms with Gasteiger partial charge in [-0.05, 0) is 44.9 Å². The summed E-state index contributed by atoms with van der Waals surface area (Å²) < 4.78 is 0. The zero-order chi connectivity index (χ0) is 11.1. The van der Waals surface area contributed by atoms with E-state index in [0.29, 0.717) is 11.5 Å². The van der Waals surface area contributed by atoms with Gasteiger partial charge in [-0.2, -0.15) is 0 Å². The van der Waals surface area contributed by atoms with E-state index in [1.807, 2.05) is 0 Å². The summed E-state index contributed by atoms with van der Waals surface area (Å²) in [5, 5.41) is 3.56. The van der Waals surface area contributed by atoms with E-state index < -0.39 is 0 Å². The molecule has 1 aromatic carbocycles. The van der Waals surface area contributed by atoms with Gasteiger partial charge in [-0.25, -0.2) is 0 Å². The smallest absolute Gasteiger partial charge is 0.0134 e. The topological polar surface area (TPSA) is 12.0 Å². The zero-order valence-corrected chi connectivity index (χ0v) is 10.2. The largest absolute Gasteiger partial charge is 0.313 e. The van der Waals surface area contributed by atoms with Crippen LogP contribution < -0.4 is 5.32 Å². The molecular weight excluding hydrogens is 182 g/mol. The van der Waals surface area contributed by atoms with Crippen LogP contribution in [0.4, 0.5) is 0 Å². The van der Waals surface area contributed by atoms with Crippen molar-refractivity contribution in [3.63, 3.8) is 0 Å². The fourth-order valence-electron chi connectivity index (χ4n) is 2.71. The standard InChI is InChI=1S/C14H21N/c1-10-5-6-11(2)13(9-10)14(4)7-8-15-12(14)3/h5-6,9,12,15H,7-8H2,1-4H3. The van der Waals surface area contributed by atoms with E-state index in [1.165, 1.54) is 23.1 Å². The molecule has 1 heterocycles. The predicted molar refractivity (Wildman–Crippen MR) is 65.3 cm³/mol. The maximum atomic E-state index is 3.56. The van der Waals surface area contributed by atoms with Gasteiger partial charge < -0.3 is 5.32 Å². The van der Waals surface area contributed by atoms with E-state index in [2.05, 4.69) is 51.2 Å². The molecule has 0 spiro atoms. The van der Waals surface area contributed by atoms with Gasteiger partial charge >= 0.3 is 0 Å². The number of hydrogen-bond donors (Lipinski definition) is 1. The zero-order valence-electron chi connectivity index (χ0n) is 10.2. The Hall–Kier alpha value is -0.820. The molecule has 1 saturated heterocycles. The van der Waals surface area contributed by atoms with Gasteiger partial charge in [0.2, 0.25) is 0 Å². The third-order valence-electron chi connectivity index (χ3n) is 4.06. The summed E-state index contributed by atoms with van der Waals surface area (Å²) in [4.78, 5) is 0. The number of aryl methyl sites for hydroxylation is 2. The Kier molecular flexibility index (Phi) is 2.59. The summed E-state index contributed by atoms with van der Waals surface area (Å²) in [6.45, 7) is 10.2. The van der Waals surface area contributed by atoms with E-state index in [-0.39, 0.29) is 0 Å². The van der Waals surface area contributed by atoms with Gasteiger partial charge in [-0.3, -0.25) is 0 Å². The first kappa shape index (κ1) is 10.7. The number of rotatable bonds is 1. The fourth-order valence-corrected chi connectivity index (χ4v) is 2.71. The van der Waals surface area contributed by atoms with Gasteiger partial charge in [0.25, 0.3) is 0 Å². The molecule has 1 nitrogen and oxygen atoms in total. The van der Waals surface area contributed by atoms with Gasteiger partial charge in [-0.1, -0.05) is 30.7 Å². The maximum Gasteiger partial charge on any atom is 0.0134 e. The third kappa shape index (κ3) is 1.69. The lowest BCUT2D eigenvalue weighted by Crippen LogP contribution is -2.35. The molecule has 1 heteroatoms. The van der Waals surface area contributed by atoms with E-state index in [9.17, 15) is 0 Å². The molecule has 0 bridgehead atoms. The SMILES string of the molecule is Cc1ccc(C)c(C2(C)CCNC2C)c1. The maximum absolute atomic E-state index is 3.56. The first-order valence-corrected chi connectivity index (χ1v) is 5.85. The summed E-state index contributed by atoms with van der Waals surface area (Å²) >= 11 is 0. The van der Waals surface area contributed by atoms with Crippen LogP contribution in [-0.4, -0.2) is 12.6 Å². The van der Waals surface area contributed by atoms with Crippen LogP contribution in [0.15, 0.2) is 18.2 Å². The first-order chi connectivity index (χ1) is 7.04. The van der Waals surface area contributed by atoms with Gasteiger partial charge in [0.05, 0.1) is 0 Å². The van der Waals surface area contributed by atoms with E-state index in [4.69, 9.17) is 0 Å². The highest BCUT2D eigenvalue weighted by Crippen LogP contribution is 2.36. The molecule has 2 atom stereocenters. The minimum atomic E-state index is 0.316. The second-order valence-electron chi connectivity index (χ2n) is 5.16. The molecular formula is C14H21N. The lowest BCUT2D eigenvalue weighted by Gasteiger charge is -2.31. The second-order valence-corrected chi connectivity index (χ2v) is 5.16. The average molecular weight is 203 g/mol. The lowest BCUT2D eigenvalue weighted by molar-refractivity contribution is 0.425. The van der Waals surface area contributed by atoms with Crippen LogP contribution in [-0.2, 0) is 5.41 Å². The molecule has 82 valence electrons.